The molecule has 28 heavy (non-hydrogen) atoms. The van der Waals surface area contributed by atoms with Crippen molar-refractivity contribution >= 4 is 11.6 Å². The molecule has 0 aromatic heterocycles. The van der Waals surface area contributed by atoms with Gasteiger partial charge in [0.2, 0.25) is 0 Å². The maximum Gasteiger partial charge on any atom is 0.172 e. The molecule has 0 spiro atoms. The van der Waals surface area contributed by atoms with Gasteiger partial charge in [0.1, 0.15) is 11.5 Å². The normalized spacial score (nSPS) is 34.3. The summed E-state index contributed by atoms with van der Waals surface area (Å²) >= 11 is 0. The highest BCUT2D eigenvalue weighted by Gasteiger charge is 2.90. The highest BCUT2D eigenvalue weighted by Crippen LogP contribution is 2.78. The summed E-state index contributed by atoms with van der Waals surface area (Å²) in [5.74, 6) is 0.921. The monoisotopic (exact) mass is 378 g/mol. The smallest absolute Gasteiger partial charge is 0.172 e. The van der Waals surface area contributed by atoms with Crippen molar-refractivity contribution in [3.8, 4) is 11.5 Å². The summed E-state index contributed by atoms with van der Waals surface area (Å²) in [6.07, 6.45) is -0.639. The molecule has 2 unspecified atom stereocenters. The lowest BCUT2D eigenvalue weighted by atomic mass is 9.78. The summed E-state index contributed by atoms with van der Waals surface area (Å²) in [5, 5.41) is 0. The minimum Gasteiger partial charge on any atom is -0.497 e. The fraction of sp³-hybridized carbons (Fsp3) is 0.391. The van der Waals surface area contributed by atoms with Crippen molar-refractivity contribution in [2.75, 3.05) is 14.2 Å². The van der Waals surface area contributed by atoms with Crippen LogP contribution in [0.25, 0.3) is 0 Å². The largest absolute Gasteiger partial charge is 0.497 e. The maximum absolute atomic E-state index is 13.4. The average Bonchev–Trinajstić information content (AvgIpc) is 3.58. The Labute approximate surface area is 163 Å². The van der Waals surface area contributed by atoms with Crippen molar-refractivity contribution in [1.82, 2.24) is 0 Å². The predicted octanol–water partition coefficient (Wildman–Crippen LogP) is 2.94. The van der Waals surface area contributed by atoms with E-state index in [-0.39, 0.29) is 11.6 Å². The van der Waals surface area contributed by atoms with Crippen LogP contribution < -0.4 is 9.47 Å². The Hall–Kier alpha value is -2.66. The SMILES string of the molecule is COc1cccc(C2(c3cccc(OC)c3)C3C(=O)[C@@]4(C)OC4C(=O)[C@@]32C)c1. The third-order valence-corrected chi connectivity index (χ3v) is 7.10. The van der Waals surface area contributed by atoms with Crippen molar-refractivity contribution in [2.45, 2.75) is 31.0 Å². The number of carbonyl (C=O) groups excluding carboxylic acids is 2. The second-order valence-corrected chi connectivity index (χ2v) is 8.24. The molecule has 5 nitrogen and oxygen atoms in total. The zero-order chi connectivity index (χ0) is 19.9. The fourth-order valence-corrected chi connectivity index (χ4v) is 5.51. The van der Waals surface area contributed by atoms with Crippen LogP contribution >= 0.6 is 0 Å². The minimum atomic E-state index is -0.985. The van der Waals surface area contributed by atoms with Crippen LogP contribution in [0, 0.1) is 11.3 Å². The molecule has 3 aliphatic rings. The number of Topliss-reactive ketones (excluding diaryl/α,β-unsaturated/α-hetero) is 2. The standard InChI is InChI=1S/C23H22O5/c1-21-17(18(24)22(2)20(28-22)19(21)25)23(21,13-7-5-9-15(11-13)26-3)14-8-6-10-16(12-14)27-4/h5-12,17,20H,1-4H3/t17?,20?,21-,22-/m1/s1. The Morgan fingerprint density at radius 3 is 1.89 bits per heavy atom. The summed E-state index contributed by atoms with van der Waals surface area (Å²) in [7, 11) is 3.22. The summed E-state index contributed by atoms with van der Waals surface area (Å²) in [4.78, 5) is 26.8. The molecule has 2 saturated carbocycles. The predicted molar refractivity (Wildman–Crippen MR) is 102 cm³/mol. The number of epoxide rings is 1. The van der Waals surface area contributed by atoms with E-state index in [2.05, 4.69) is 0 Å². The van der Waals surface area contributed by atoms with E-state index in [1.54, 1.807) is 21.1 Å². The minimum absolute atomic E-state index is 0.00485. The summed E-state index contributed by atoms with van der Waals surface area (Å²) < 4.78 is 16.4. The molecule has 2 aromatic carbocycles. The highest BCUT2D eigenvalue weighted by molar-refractivity contribution is 6.17. The number of ether oxygens (including phenoxy) is 3. The van der Waals surface area contributed by atoms with E-state index in [1.165, 1.54) is 0 Å². The first kappa shape index (κ1) is 17.4. The van der Waals surface area contributed by atoms with E-state index in [0.717, 1.165) is 11.1 Å². The number of hydrogen-bond acceptors (Lipinski definition) is 5. The Balaban J connectivity index is 1.78. The third-order valence-electron chi connectivity index (χ3n) is 7.10. The molecule has 1 aliphatic heterocycles. The molecule has 3 fully saturated rings. The Morgan fingerprint density at radius 2 is 1.39 bits per heavy atom. The van der Waals surface area contributed by atoms with Crippen molar-refractivity contribution in [3.05, 3.63) is 59.7 Å². The van der Waals surface area contributed by atoms with Gasteiger partial charge in [-0.05, 0) is 42.3 Å². The summed E-state index contributed by atoms with van der Waals surface area (Å²) in [6, 6.07) is 15.3. The van der Waals surface area contributed by atoms with Crippen LogP contribution in [0.3, 0.4) is 0 Å². The van der Waals surface area contributed by atoms with Gasteiger partial charge in [-0.2, -0.15) is 0 Å². The number of benzene rings is 2. The zero-order valence-corrected chi connectivity index (χ0v) is 16.3. The van der Waals surface area contributed by atoms with Crippen molar-refractivity contribution in [1.29, 1.82) is 0 Å². The van der Waals surface area contributed by atoms with Gasteiger partial charge in [-0.3, -0.25) is 9.59 Å². The summed E-state index contributed by atoms with van der Waals surface area (Å²) in [6.45, 7) is 3.63. The topological polar surface area (TPSA) is 65.1 Å². The molecule has 0 amide bonds. The van der Waals surface area contributed by atoms with Gasteiger partial charge in [0.25, 0.3) is 0 Å². The van der Waals surface area contributed by atoms with E-state index in [9.17, 15) is 9.59 Å². The van der Waals surface area contributed by atoms with E-state index in [4.69, 9.17) is 14.2 Å². The van der Waals surface area contributed by atoms with Crippen LogP contribution in [-0.2, 0) is 19.7 Å². The number of fused-ring (bicyclic) bond motifs is 2. The van der Waals surface area contributed by atoms with Gasteiger partial charge in [0.05, 0.1) is 19.6 Å². The lowest BCUT2D eigenvalue weighted by Gasteiger charge is -2.24. The second-order valence-electron chi connectivity index (χ2n) is 8.24. The zero-order valence-electron chi connectivity index (χ0n) is 16.3. The molecule has 4 atom stereocenters. The van der Waals surface area contributed by atoms with Crippen LogP contribution in [0.4, 0.5) is 0 Å². The summed E-state index contributed by atoms with van der Waals surface area (Å²) in [5.41, 5.74) is -0.799. The first-order chi connectivity index (χ1) is 13.4. The second kappa shape index (κ2) is 5.23. The average molecular weight is 378 g/mol. The van der Waals surface area contributed by atoms with Crippen molar-refractivity contribution in [2.24, 2.45) is 11.3 Å². The highest BCUT2D eigenvalue weighted by atomic mass is 16.6. The van der Waals surface area contributed by atoms with Crippen molar-refractivity contribution < 1.29 is 23.8 Å². The van der Waals surface area contributed by atoms with Gasteiger partial charge in [-0.25, -0.2) is 0 Å². The molecule has 0 radical (unpaired) electrons. The van der Waals surface area contributed by atoms with Gasteiger partial charge >= 0.3 is 0 Å². The van der Waals surface area contributed by atoms with Gasteiger partial charge in [-0.1, -0.05) is 31.2 Å². The lowest BCUT2D eigenvalue weighted by molar-refractivity contribution is -0.132. The number of hydrogen-bond donors (Lipinski definition) is 0. The number of ketones is 2. The van der Waals surface area contributed by atoms with Crippen LogP contribution in [0.1, 0.15) is 25.0 Å². The molecular weight excluding hydrogens is 356 g/mol. The van der Waals surface area contributed by atoms with Crippen LogP contribution in [0.15, 0.2) is 48.5 Å². The molecule has 1 heterocycles. The Morgan fingerprint density at radius 1 is 0.857 bits per heavy atom. The van der Waals surface area contributed by atoms with E-state index in [1.807, 2.05) is 55.5 Å². The number of carbonyl (C=O) groups is 2. The molecule has 5 rings (SSSR count). The van der Waals surface area contributed by atoms with Gasteiger partial charge in [0, 0.05) is 11.3 Å². The first-order valence-corrected chi connectivity index (χ1v) is 9.41. The molecule has 2 aliphatic carbocycles. The molecular formula is C23H22O5. The van der Waals surface area contributed by atoms with E-state index >= 15 is 0 Å². The molecule has 5 heteroatoms. The number of methoxy groups -OCH3 is 2. The lowest BCUT2D eigenvalue weighted by Crippen LogP contribution is -2.39. The van der Waals surface area contributed by atoms with E-state index in [0.29, 0.717) is 11.5 Å². The first-order valence-electron chi connectivity index (χ1n) is 9.41. The van der Waals surface area contributed by atoms with E-state index < -0.39 is 28.5 Å². The quantitative estimate of drug-likeness (QED) is 0.766. The van der Waals surface area contributed by atoms with Crippen LogP contribution in [0.5, 0.6) is 11.5 Å². The number of rotatable bonds is 4. The maximum atomic E-state index is 13.4. The molecule has 0 N–H and O–H groups in total. The molecule has 1 saturated heterocycles. The third kappa shape index (κ3) is 1.76. The van der Waals surface area contributed by atoms with Crippen LogP contribution in [-0.4, -0.2) is 37.5 Å². The van der Waals surface area contributed by atoms with Gasteiger partial charge in [0.15, 0.2) is 23.3 Å². The van der Waals surface area contributed by atoms with Crippen molar-refractivity contribution in [3.63, 3.8) is 0 Å². The molecule has 2 aromatic rings. The Kier molecular flexibility index (Phi) is 3.26. The molecule has 0 bridgehead atoms. The van der Waals surface area contributed by atoms with Gasteiger partial charge in [-0.15, -0.1) is 0 Å². The molecule has 144 valence electrons. The van der Waals surface area contributed by atoms with Gasteiger partial charge < -0.3 is 14.2 Å². The fourth-order valence-electron chi connectivity index (χ4n) is 5.51. The Bertz CT molecular complexity index is 978. The van der Waals surface area contributed by atoms with Crippen LogP contribution in [0.2, 0.25) is 0 Å².